The number of likely N-dealkylation sites (N-methyl/N-ethyl adjacent to an activating group) is 1. The lowest BCUT2D eigenvalue weighted by molar-refractivity contribution is -0.129. The maximum Gasteiger partial charge on any atom is 0.236 e. The number of carbonyl (C=O) groups is 1. The number of carbonyl (C=O) groups excluding carboxylic acids is 1. The minimum Gasteiger partial charge on any atom is -0.383 e. The highest BCUT2D eigenvalue weighted by Crippen LogP contribution is 2.00. The Morgan fingerprint density at radius 3 is 2.74 bits per heavy atom. The molecule has 0 aliphatic rings. The van der Waals surface area contributed by atoms with Gasteiger partial charge >= 0.3 is 0 Å². The number of hydrogen-bond donors (Lipinski definition) is 1. The summed E-state index contributed by atoms with van der Waals surface area (Å²) < 4.78 is 6.61. The molecule has 19 heavy (non-hydrogen) atoms. The molecule has 0 fully saturated rings. The predicted octanol–water partition coefficient (Wildman–Crippen LogP) is 0.458. The first-order chi connectivity index (χ1) is 8.13. The highest BCUT2D eigenvalue weighted by molar-refractivity contribution is 5.85. The van der Waals surface area contributed by atoms with Gasteiger partial charge in [0.2, 0.25) is 5.91 Å². The lowest BCUT2D eigenvalue weighted by Gasteiger charge is -2.16. The van der Waals surface area contributed by atoms with Gasteiger partial charge in [0.25, 0.3) is 0 Å². The minimum atomic E-state index is 0. The molecular formula is C11H22Cl2N4O2. The molecule has 6 nitrogen and oxygen atoms in total. The largest absolute Gasteiger partial charge is 0.383 e. The van der Waals surface area contributed by atoms with Crippen molar-refractivity contribution in [2.45, 2.75) is 6.54 Å². The molecule has 1 aromatic heterocycles. The molecule has 112 valence electrons. The topological polar surface area (TPSA) is 59.4 Å². The zero-order valence-corrected chi connectivity index (χ0v) is 13.1. The molecule has 0 aromatic carbocycles. The van der Waals surface area contributed by atoms with E-state index in [1.165, 1.54) is 0 Å². The first-order valence-electron chi connectivity index (χ1n) is 5.54. The average molecular weight is 313 g/mol. The van der Waals surface area contributed by atoms with Crippen LogP contribution in [0.5, 0.6) is 0 Å². The molecule has 1 N–H and O–H groups in total. The van der Waals surface area contributed by atoms with E-state index in [2.05, 4.69) is 10.4 Å². The Kier molecular flexibility index (Phi) is 11.9. The number of nitrogens with one attached hydrogen (secondary N) is 1. The summed E-state index contributed by atoms with van der Waals surface area (Å²) >= 11 is 0. The van der Waals surface area contributed by atoms with Crippen molar-refractivity contribution in [1.29, 1.82) is 0 Å². The van der Waals surface area contributed by atoms with E-state index < -0.39 is 0 Å². The molecule has 0 saturated heterocycles. The van der Waals surface area contributed by atoms with Gasteiger partial charge in [-0.3, -0.25) is 9.48 Å². The fraction of sp³-hybridized carbons (Fsp3) is 0.636. The van der Waals surface area contributed by atoms with Crippen molar-refractivity contribution in [3.05, 3.63) is 18.0 Å². The third-order valence-electron chi connectivity index (χ3n) is 2.36. The Balaban J connectivity index is 0. The quantitative estimate of drug-likeness (QED) is 0.743. The molecule has 0 aliphatic carbocycles. The van der Waals surface area contributed by atoms with Crippen LogP contribution in [0.25, 0.3) is 0 Å². The van der Waals surface area contributed by atoms with Gasteiger partial charge < -0.3 is 15.0 Å². The van der Waals surface area contributed by atoms with E-state index in [0.717, 1.165) is 5.56 Å². The molecule has 0 spiro atoms. The van der Waals surface area contributed by atoms with Gasteiger partial charge in [0, 0.05) is 46.1 Å². The first kappa shape index (κ1) is 20.5. The van der Waals surface area contributed by atoms with Crippen LogP contribution in [0.3, 0.4) is 0 Å². The van der Waals surface area contributed by atoms with Crippen molar-refractivity contribution < 1.29 is 9.53 Å². The SMILES string of the molecule is COCCNCC(=O)N(C)Cc1cnn(C)c1.Cl.Cl. The van der Waals surface area contributed by atoms with Crippen LogP contribution < -0.4 is 5.32 Å². The number of halogens is 2. The van der Waals surface area contributed by atoms with E-state index in [9.17, 15) is 4.79 Å². The Labute approximate surface area is 126 Å². The number of aromatic nitrogens is 2. The van der Waals surface area contributed by atoms with Crippen LogP contribution in [-0.2, 0) is 23.1 Å². The fourth-order valence-electron chi connectivity index (χ4n) is 1.42. The van der Waals surface area contributed by atoms with Crippen LogP contribution in [-0.4, -0.2) is 54.4 Å². The van der Waals surface area contributed by atoms with Crippen LogP contribution in [0.2, 0.25) is 0 Å². The van der Waals surface area contributed by atoms with E-state index in [0.29, 0.717) is 26.2 Å². The summed E-state index contributed by atoms with van der Waals surface area (Å²) in [6.45, 7) is 2.21. The van der Waals surface area contributed by atoms with E-state index >= 15 is 0 Å². The second-order valence-corrected chi connectivity index (χ2v) is 3.94. The van der Waals surface area contributed by atoms with Crippen LogP contribution in [0.4, 0.5) is 0 Å². The molecule has 1 amide bonds. The Morgan fingerprint density at radius 2 is 2.21 bits per heavy atom. The summed E-state index contributed by atoms with van der Waals surface area (Å²) in [5, 5.41) is 7.08. The van der Waals surface area contributed by atoms with Crippen LogP contribution in [0.1, 0.15) is 5.56 Å². The van der Waals surface area contributed by atoms with E-state index in [4.69, 9.17) is 4.74 Å². The number of nitrogens with zero attached hydrogens (tertiary/aromatic N) is 3. The molecule has 0 unspecified atom stereocenters. The summed E-state index contributed by atoms with van der Waals surface area (Å²) in [5.41, 5.74) is 1.03. The van der Waals surface area contributed by atoms with Gasteiger partial charge in [-0.2, -0.15) is 5.10 Å². The number of methoxy groups -OCH3 is 1. The maximum atomic E-state index is 11.7. The zero-order chi connectivity index (χ0) is 12.7. The number of rotatable bonds is 7. The Bertz CT molecular complexity index is 360. The number of aryl methyl sites for hydroxylation is 1. The number of amides is 1. The Morgan fingerprint density at radius 1 is 1.53 bits per heavy atom. The van der Waals surface area contributed by atoms with Crippen molar-refractivity contribution in [1.82, 2.24) is 20.0 Å². The van der Waals surface area contributed by atoms with Crippen molar-refractivity contribution in [3.63, 3.8) is 0 Å². The highest BCUT2D eigenvalue weighted by atomic mass is 35.5. The predicted molar refractivity (Wildman–Crippen MR) is 78.9 cm³/mol. The van der Waals surface area contributed by atoms with E-state index in [-0.39, 0.29) is 30.7 Å². The molecule has 1 heterocycles. The average Bonchev–Trinajstić information content (AvgIpc) is 2.70. The first-order valence-corrected chi connectivity index (χ1v) is 5.54. The fourth-order valence-corrected chi connectivity index (χ4v) is 1.42. The summed E-state index contributed by atoms with van der Waals surface area (Å²) in [6, 6.07) is 0. The second-order valence-electron chi connectivity index (χ2n) is 3.94. The van der Waals surface area contributed by atoms with Gasteiger partial charge in [0.1, 0.15) is 0 Å². The van der Waals surface area contributed by atoms with Crippen molar-refractivity contribution >= 4 is 30.7 Å². The third kappa shape index (κ3) is 8.05. The summed E-state index contributed by atoms with van der Waals surface area (Å²) in [6.07, 6.45) is 3.67. The molecule has 1 aromatic rings. The van der Waals surface area contributed by atoms with Gasteiger partial charge in [-0.15, -0.1) is 24.8 Å². The van der Waals surface area contributed by atoms with Crippen LogP contribution in [0.15, 0.2) is 12.4 Å². The highest BCUT2D eigenvalue weighted by Gasteiger charge is 2.09. The second kappa shape index (κ2) is 11.0. The van der Waals surface area contributed by atoms with E-state index in [1.807, 2.05) is 13.2 Å². The maximum absolute atomic E-state index is 11.7. The molecule has 0 radical (unpaired) electrons. The number of ether oxygens (including phenoxy) is 1. The molecular weight excluding hydrogens is 291 g/mol. The number of hydrogen-bond acceptors (Lipinski definition) is 4. The minimum absolute atomic E-state index is 0. The lowest BCUT2D eigenvalue weighted by Crippen LogP contribution is -2.36. The molecule has 0 saturated carbocycles. The van der Waals surface area contributed by atoms with Crippen LogP contribution in [0, 0.1) is 0 Å². The summed E-state index contributed by atoms with van der Waals surface area (Å²) in [4.78, 5) is 13.4. The summed E-state index contributed by atoms with van der Waals surface area (Å²) in [7, 11) is 5.28. The van der Waals surface area contributed by atoms with Crippen molar-refractivity contribution in [2.24, 2.45) is 7.05 Å². The normalized spacial score (nSPS) is 9.42. The molecule has 8 heteroatoms. The van der Waals surface area contributed by atoms with Gasteiger partial charge in [-0.1, -0.05) is 0 Å². The molecule has 0 atom stereocenters. The summed E-state index contributed by atoms with van der Waals surface area (Å²) in [5.74, 6) is 0.0601. The smallest absolute Gasteiger partial charge is 0.236 e. The van der Waals surface area contributed by atoms with Gasteiger partial charge in [-0.05, 0) is 0 Å². The molecule has 0 bridgehead atoms. The monoisotopic (exact) mass is 312 g/mol. The van der Waals surface area contributed by atoms with E-state index in [1.54, 1.807) is 29.9 Å². The molecule has 0 aliphatic heterocycles. The Hall–Kier alpha value is -0.820. The standard InChI is InChI=1S/C11H20N4O2.2ClH/c1-14(8-10-6-13-15(2)9-10)11(16)7-12-4-5-17-3;;/h6,9,12H,4-5,7-8H2,1-3H3;2*1H. The third-order valence-corrected chi connectivity index (χ3v) is 2.36. The molecule has 1 rings (SSSR count). The lowest BCUT2D eigenvalue weighted by atomic mass is 10.3. The van der Waals surface area contributed by atoms with Crippen molar-refractivity contribution in [2.75, 3.05) is 33.9 Å². The van der Waals surface area contributed by atoms with Crippen LogP contribution >= 0.6 is 24.8 Å². The van der Waals surface area contributed by atoms with Gasteiger partial charge in [0.05, 0.1) is 19.3 Å². The van der Waals surface area contributed by atoms with Gasteiger partial charge in [-0.25, -0.2) is 0 Å². The van der Waals surface area contributed by atoms with Gasteiger partial charge in [0.15, 0.2) is 0 Å². The van der Waals surface area contributed by atoms with Crippen molar-refractivity contribution in [3.8, 4) is 0 Å². The zero-order valence-electron chi connectivity index (χ0n) is 11.5.